The minimum Gasteiger partial charge on any atom is -0.481 e. The molecular formula is C25H26N2O5. The molecule has 2 aromatic rings. The number of hydrogen-bond donors (Lipinski definition) is 2. The monoisotopic (exact) mass is 434 g/mol. The van der Waals surface area contributed by atoms with Gasteiger partial charge < -0.3 is 20.1 Å². The highest BCUT2D eigenvalue weighted by Gasteiger charge is 2.31. The van der Waals surface area contributed by atoms with Crippen LogP contribution in [0.3, 0.4) is 0 Å². The number of hydrogen-bond acceptors (Lipinski definition) is 4. The Hall–Kier alpha value is -3.61. The number of fused-ring (bicyclic) bond motifs is 3. The molecule has 7 heteroatoms. The first-order chi connectivity index (χ1) is 15.5. The van der Waals surface area contributed by atoms with Gasteiger partial charge in [-0.05, 0) is 35.6 Å². The molecule has 1 unspecified atom stereocenters. The lowest BCUT2D eigenvalue weighted by Gasteiger charge is -2.16. The zero-order valence-electron chi connectivity index (χ0n) is 17.9. The first kappa shape index (κ1) is 21.6. The van der Waals surface area contributed by atoms with Gasteiger partial charge in [0.15, 0.2) is 0 Å². The zero-order valence-corrected chi connectivity index (χ0v) is 17.9. The van der Waals surface area contributed by atoms with Gasteiger partial charge in [-0.2, -0.15) is 0 Å². The largest absolute Gasteiger partial charge is 0.481 e. The summed E-state index contributed by atoms with van der Waals surface area (Å²) in [5.74, 6) is -1.60. The molecule has 4 rings (SSSR count). The second kappa shape index (κ2) is 9.26. The van der Waals surface area contributed by atoms with Gasteiger partial charge in [0.05, 0.1) is 5.92 Å². The maximum Gasteiger partial charge on any atom is 0.407 e. The maximum absolute atomic E-state index is 12.4. The van der Waals surface area contributed by atoms with Crippen molar-refractivity contribution in [2.24, 2.45) is 5.92 Å². The smallest absolute Gasteiger partial charge is 0.407 e. The summed E-state index contributed by atoms with van der Waals surface area (Å²) in [6.45, 7) is 2.70. The van der Waals surface area contributed by atoms with Crippen LogP contribution in [0.15, 0.2) is 60.2 Å². The molecule has 0 radical (unpaired) electrons. The van der Waals surface area contributed by atoms with Gasteiger partial charge in [-0.3, -0.25) is 9.59 Å². The topological polar surface area (TPSA) is 95.9 Å². The van der Waals surface area contributed by atoms with Crippen LogP contribution in [0.2, 0.25) is 0 Å². The number of carbonyl (C=O) groups is 3. The van der Waals surface area contributed by atoms with Gasteiger partial charge in [-0.25, -0.2) is 4.79 Å². The van der Waals surface area contributed by atoms with Gasteiger partial charge in [0, 0.05) is 31.1 Å². The van der Waals surface area contributed by atoms with E-state index < -0.39 is 18.0 Å². The number of alkyl carbamates (subject to hydrolysis) is 1. The number of aliphatic carboxylic acids is 1. The van der Waals surface area contributed by atoms with E-state index in [0.29, 0.717) is 18.5 Å². The van der Waals surface area contributed by atoms with Crippen molar-refractivity contribution in [3.8, 4) is 11.1 Å². The summed E-state index contributed by atoms with van der Waals surface area (Å²) < 4.78 is 5.48. The first-order valence-electron chi connectivity index (χ1n) is 10.7. The number of carboxylic acids is 1. The van der Waals surface area contributed by atoms with Crippen LogP contribution >= 0.6 is 0 Å². The molecule has 1 saturated heterocycles. The number of nitrogens with zero attached hydrogens (tertiary/aromatic N) is 1. The summed E-state index contributed by atoms with van der Waals surface area (Å²) in [6, 6.07) is 16.3. The predicted octanol–water partition coefficient (Wildman–Crippen LogP) is 3.40. The summed E-state index contributed by atoms with van der Waals surface area (Å²) in [7, 11) is 0. The molecule has 1 aliphatic heterocycles. The number of nitrogens with one attached hydrogen (secondary N) is 1. The van der Waals surface area contributed by atoms with E-state index in [1.54, 1.807) is 13.0 Å². The average Bonchev–Trinajstić information content (AvgIpc) is 3.41. The van der Waals surface area contributed by atoms with Crippen molar-refractivity contribution >= 4 is 18.0 Å². The lowest BCUT2D eigenvalue weighted by molar-refractivity contribution is -0.141. The summed E-state index contributed by atoms with van der Waals surface area (Å²) in [5, 5.41) is 11.7. The number of carbonyl (C=O) groups excluding carboxylic acids is 2. The molecule has 0 spiro atoms. The third kappa shape index (κ3) is 4.37. The van der Waals surface area contributed by atoms with Crippen LogP contribution in [-0.2, 0) is 14.3 Å². The van der Waals surface area contributed by atoms with Gasteiger partial charge >= 0.3 is 12.1 Å². The normalized spacial score (nSPS) is 17.6. The van der Waals surface area contributed by atoms with Gasteiger partial charge in [0.25, 0.3) is 0 Å². The van der Waals surface area contributed by atoms with Crippen molar-refractivity contribution in [1.82, 2.24) is 10.2 Å². The van der Waals surface area contributed by atoms with Gasteiger partial charge in [0.2, 0.25) is 5.91 Å². The number of amides is 2. The Kier molecular flexibility index (Phi) is 6.25. The van der Waals surface area contributed by atoms with Crippen LogP contribution in [0, 0.1) is 5.92 Å². The van der Waals surface area contributed by atoms with Crippen molar-refractivity contribution in [2.75, 3.05) is 26.2 Å². The molecule has 1 fully saturated rings. The van der Waals surface area contributed by atoms with E-state index in [4.69, 9.17) is 9.84 Å². The Bertz CT molecular complexity index is 1030. The van der Waals surface area contributed by atoms with Crippen LogP contribution in [0.25, 0.3) is 11.1 Å². The van der Waals surface area contributed by atoms with E-state index in [0.717, 1.165) is 11.1 Å². The molecule has 166 valence electrons. The van der Waals surface area contributed by atoms with Gasteiger partial charge in [-0.1, -0.05) is 54.6 Å². The molecule has 7 nitrogen and oxygen atoms in total. The molecule has 2 amide bonds. The summed E-state index contributed by atoms with van der Waals surface area (Å²) in [5.41, 5.74) is 5.10. The molecule has 1 aliphatic carbocycles. The fraction of sp³-hybridized carbons (Fsp3) is 0.320. The fourth-order valence-corrected chi connectivity index (χ4v) is 4.42. The number of likely N-dealkylation sites (tertiary alicyclic amines) is 1. The summed E-state index contributed by atoms with van der Waals surface area (Å²) >= 11 is 0. The summed E-state index contributed by atoms with van der Waals surface area (Å²) in [4.78, 5) is 37.3. The molecule has 1 heterocycles. The van der Waals surface area contributed by atoms with Gasteiger partial charge in [0.1, 0.15) is 6.61 Å². The molecule has 0 saturated carbocycles. The molecule has 1 atom stereocenters. The molecule has 0 bridgehead atoms. The Morgan fingerprint density at radius 2 is 1.72 bits per heavy atom. The molecular weight excluding hydrogens is 408 g/mol. The van der Waals surface area contributed by atoms with Crippen molar-refractivity contribution in [1.29, 1.82) is 0 Å². The highest BCUT2D eigenvalue weighted by atomic mass is 16.5. The van der Waals surface area contributed by atoms with Crippen LogP contribution in [0.4, 0.5) is 4.79 Å². The fourth-order valence-electron chi connectivity index (χ4n) is 4.42. The standard InChI is InChI=1S/C25H26N2O5/c1-16(23(28)27-13-11-17(14-27)24(29)30)10-12-26-25(31)32-15-22-20-8-4-2-6-18(20)19-7-3-5-9-21(19)22/h2-10,17,22H,11-15H2,1H3,(H,26,31)(H,29,30)/b16-10+. The number of benzene rings is 2. The second-order valence-corrected chi connectivity index (χ2v) is 8.17. The van der Waals surface area contributed by atoms with Crippen molar-refractivity contribution in [2.45, 2.75) is 19.3 Å². The molecule has 32 heavy (non-hydrogen) atoms. The summed E-state index contributed by atoms with van der Waals surface area (Å²) in [6.07, 6.45) is 1.54. The molecule has 2 N–H and O–H groups in total. The minimum absolute atomic E-state index is 0.00986. The lowest BCUT2D eigenvalue weighted by atomic mass is 9.98. The quantitative estimate of drug-likeness (QED) is 0.680. The van der Waals surface area contributed by atoms with Crippen molar-refractivity contribution in [3.63, 3.8) is 0 Å². The highest BCUT2D eigenvalue weighted by molar-refractivity contribution is 5.93. The van der Waals surface area contributed by atoms with E-state index in [9.17, 15) is 14.4 Å². The van der Waals surface area contributed by atoms with E-state index in [1.165, 1.54) is 16.0 Å². The van der Waals surface area contributed by atoms with E-state index >= 15 is 0 Å². The van der Waals surface area contributed by atoms with E-state index in [1.807, 2.05) is 24.3 Å². The van der Waals surface area contributed by atoms with Crippen LogP contribution in [-0.4, -0.2) is 54.2 Å². The Morgan fingerprint density at radius 3 is 2.31 bits per heavy atom. The number of ether oxygens (including phenoxy) is 1. The van der Waals surface area contributed by atoms with E-state index in [-0.39, 0.29) is 31.5 Å². The third-order valence-electron chi connectivity index (χ3n) is 6.16. The molecule has 2 aliphatic rings. The molecule has 0 aromatic heterocycles. The minimum atomic E-state index is -0.876. The van der Waals surface area contributed by atoms with E-state index in [2.05, 4.69) is 29.6 Å². The average molecular weight is 434 g/mol. The Labute approximate surface area is 186 Å². The number of carboxylic acid groups (broad SMARTS) is 1. The van der Waals surface area contributed by atoms with Gasteiger partial charge in [-0.15, -0.1) is 0 Å². The van der Waals surface area contributed by atoms with Crippen molar-refractivity contribution in [3.05, 3.63) is 71.3 Å². The highest BCUT2D eigenvalue weighted by Crippen LogP contribution is 2.44. The lowest BCUT2D eigenvalue weighted by Crippen LogP contribution is -2.31. The Balaban J connectivity index is 1.29. The number of rotatable bonds is 6. The Morgan fingerprint density at radius 1 is 1.09 bits per heavy atom. The zero-order chi connectivity index (χ0) is 22.7. The van der Waals surface area contributed by atoms with Crippen LogP contribution in [0.5, 0.6) is 0 Å². The SMILES string of the molecule is C/C(=C\CNC(=O)OCC1c2ccccc2-c2ccccc21)C(=O)N1CCC(C(=O)O)C1. The predicted molar refractivity (Wildman–Crippen MR) is 119 cm³/mol. The van der Waals surface area contributed by atoms with Crippen molar-refractivity contribution < 1.29 is 24.2 Å². The van der Waals surface area contributed by atoms with Crippen LogP contribution < -0.4 is 5.32 Å². The third-order valence-corrected chi connectivity index (χ3v) is 6.16. The maximum atomic E-state index is 12.4. The van der Waals surface area contributed by atoms with Crippen LogP contribution in [0.1, 0.15) is 30.4 Å². The molecule has 2 aromatic carbocycles. The first-order valence-corrected chi connectivity index (χ1v) is 10.7. The second-order valence-electron chi connectivity index (χ2n) is 8.17.